The van der Waals surface area contributed by atoms with Gasteiger partial charge in [0.15, 0.2) is 0 Å². The predicted molar refractivity (Wildman–Crippen MR) is 77.3 cm³/mol. The van der Waals surface area contributed by atoms with Gasteiger partial charge in [-0.15, -0.1) is 0 Å². The van der Waals surface area contributed by atoms with E-state index in [0.717, 1.165) is 0 Å². The number of halogens is 2. The highest BCUT2D eigenvalue weighted by Crippen LogP contribution is 2.20. The number of thiocarbonyl (C=S) groups is 1. The summed E-state index contributed by atoms with van der Waals surface area (Å²) in [6.07, 6.45) is 0. The molecule has 0 saturated heterocycles. The van der Waals surface area contributed by atoms with Crippen LogP contribution in [0, 0.1) is 12.7 Å². The van der Waals surface area contributed by atoms with Crippen molar-refractivity contribution >= 4 is 40.4 Å². The first-order chi connectivity index (χ1) is 8.94. The highest BCUT2D eigenvalue weighted by atomic mass is 35.5. The van der Waals surface area contributed by atoms with E-state index in [1.807, 2.05) is 0 Å². The third kappa shape index (κ3) is 3.59. The fourth-order valence-corrected chi connectivity index (χ4v) is 1.83. The van der Waals surface area contributed by atoms with Crippen LogP contribution < -0.4 is 11.1 Å². The van der Waals surface area contributed by atoms with Gasteiger partial charge in [0.25, 0.3) is 0 Å². The second-order valence-corrected chi connectivity index (χ2v) is 4.74. The summed E-state index contributed by atoms with van der Waals surface area (Å²) in [6.45, 7) is 1.78. The van der Waals surface area contributed by atoms with Gasteiger partial charge in [0.1, 0.15) is 16.5 Å². The molecule has 0 aliphatic heterocycles. The molecular formula is C12H10ClFN4S. The van der Waals surface area contributed by atoms with Crippen molar-refractivity contribution in [2.24, 2.45) is 5.73 Å². The molecule has 0 aliphatic rings. The predicted octanol–water partition coefficient (Wildman–Crippen LogP) is 2.96. The van der Waals surface area contributed by atoms with E-state index in [9.17, 15) is 4.39 Å². The van der Waals surface area contributed by atoms with Crippen molar-refractivity contribution in [3.8, 4) is 0 Å². The van der Waals surface area contributed by atoms with E-state index in [4.69, 9.17) is 29.6 Å². The van der Waals surface area contributed by atoms with Crippen LogP contribution in [0.15, 0.2) is 24.3 Å². The Morgan fingerprint density at radius 1 is 1.32 bits per heavy atom. The molecule has 0 radical (unpaired) electrons. The van der Waals surface area contributed by atoms with E-state index in [-0.39, 0.29) is 16.0 Å². The van der Waals surface area contributed by atoms with Gasteiger partial charge in [-0.25, -0.2) is 14.4 Å². The van der Waals surface area contributed by atoms with Gasteiger partial charge in [0.05, 0.1) is 0 Å². The van der Waals surface area contributed by atoms with Crippen molar-refractivity contribution in [3.05, 3.63) is 46.5 Å². The maximum atomic E-state index is 13.2. The zero-order chi connectivity index (χ0) is 14.0. The minimum atomic E-state index is -0.447. The van der Waals surface area contributed by atoms with E-state index in [1.54, 1.807) is 19.1 Å². The van der Waals surface area contributed by atoms with Gasteiger partial charge in [-0.05, 0) is 31.2 Å². The fraction of sp³-hybridized carbons (Fsp3) is 0.0833. The Morgan fingerprint density at radius 2 is 2.05 bits per heavy atom. The van der Waals surface area contributed by atoms with Gasteiger partial charge >= 0.3 is 0 Å². The SMILES string of the molecule is Cc1cc(C(N)=S)nc(Nc2cc(F)cc(Cl)c2)n1. The Bertz CT molecular complexity index is 627. The first-order valence-electron chi connectivity index (χ1n) is 5.32. The molecule has 0 fully saturated rings. The number of hydrogen-bond acceptors (Lipinski definition) is 4. The van der Waals surface area contributed by atoms with Gasteiger partial charge in [0, 0.05) is 16.4 Å². The van der Waals surface area contributed by atoms with Gasteiger partial charge in [0.2, 0.25) is 5.95 Å². The van der Waals surface area contributed by atoms with Crippen LogP contribution in [0.1, 0.15) is 11.4 Å². The lowest BCUT2D eigenvalue weighted by Crippen LogP contribution is -2.13. The number of aromatic nitrogens is 2. The summed E-state index contributed by atoms with van der Waals surface area (Å²) in [5.74, 6) is -0.165. The van der Waals surface area contributed by atoms with Crippen LogP contribution in [0.25, 0.3) is 0 Å². The zero-order valence-corrected chi connectivity index (χ0v) is 11.5. The lowest BCUT2D eigenvalue weighted by atomic mass is 10.3. The maximum Gasteiger partial charge on any atom is 0.228 e. The quantitative estimate of drug-likeness (QED) is 0.853. The Labute approximate surface area is 119 Å². The summed E-state index contributed by atoms with van der Waals surface area (Å²) in [7, 11) is 0. The standard InChI is InChI=1S/C12H10ClFN4S/c1-6-2-10(11(15)19)18-12(16-6)17-9-4-7(13)3-8(14)5-9/h2-5H,1H3,(H2,15,19)(H,16,17,18). The van der Waals surface area contributed by atoms with Crippen LogP contribution in [-0.4, -0.2) is 15.0 Å². The van der Waals surface area contributed by atoms with Crippen molar-refractivity contribution < 1.29 is 4.39 Å². The second kappa shape index (κ2) is 5.46. The van der Waals surface area contributed by atoms with E-state index in [2.05, 4.69) is 15.3 Å². The first-order valence-corrected chi connectivity index (χ1v) is 6.11. The van der Waals surface area contributed by atoms with E-state index in [1.165, 1.54) is 12.1 Å². The molecule has 19 heavy (non-hydrogen) atoms. The lowest BCUT2D eigenvalue weighted by molar-refractivity contribution is 0.628. The minimum absolute atomic E-state index is 0.172. The topological polar surface area (TPSA) is 63.8 Å². The van der Waals surface area contributed by atoms with E-state index < -0.39 is 5.82 Å². The summed E-state index contributed by atoms with van der Waals surface area (Å²) >= 11 is 10.6. The molecule has 0 amide bonds. The van der Waals surface area contributed by atoms with Crippen molar-refractivity contribution in [2.45, 2.75) is 6.92 Å². The van der Waals surface area contributed by atoms with E-state index in [0.29, 0.717) is 17.1 Å². The molecule has 3 N–H and O–H groups in total. The Morgan fingerprint density at radius 3 is 2.68 bits per heavy atom. The summed E-state index contributed by atoms with van der Waals surface area (Å²) in [4.78, 5) is 8.47. The third-order valence-corrected chi connectivity index (χ3v) is 2.65. The lowest BCUT2D eigenvalue weighted by Gasteiger charge is -2.08. The second-order valence-electron chi connectivity index (χ2n) is 3.87. The molecule has 0 atom stereocenters. The molecule has 0 spiro atoms. The van der Waals surface area contributed by atoms with Crippen LogP contribution in [0.2, 0.25) is 5.02 Å². The molecule has 1 aromatic heterocycles. The molecule has 0 bridgehead atoms. The molecular weight excluding hydrogens is 287 g/mol. The van der Waals surface area contributed by atoms with Gasteiger partial charge in [-0.2, -0.15) is 0 Å². The molecule has 2 aromatic rings. The largest absolute Gasteiger partial charge is 0.388 e. The average molecular weight is 297 g/mol. The summed E-state index contributed by atoms with van der Waals surface area (Å²) in [5, 5.41) is 3.14. The molecule has 0 aliphatic carbocycles. The van der Waals surface area contributed by atoms with Crippen LogP contribution in [0.4, 0.5) is 16.0 Å². The number of aryl methyl sites for hydroxylation is 1. The Hall–Kier alpha value is -1.79. The zero-order valence-electron chi connectivity index (χ0n) is 9.95. The molecule has 4 nitrogen and oxygen atoms in total. The number of anilines is 2. The Kier molecular flexibility index (Phi) is 3.92. The average Bonchev–Trinajstić information content (AvgIpc) is 2.26. The van der Waals surface area contributed by atoms with Crippen molar-refractivity contribution in [1.82, 2.24) is 9.97 Å². The molecule has 2 rings (SSSR count). The van der Waals surface area contributed by atoms with Crippen LogP contribution in [-0.2, 0) is 0 Å². The number of nitrogens with zero attached hydrogens (tertiary/aromatic N) is 2. The highest BCUT2D eigenvalue weighted by molar-refractivity contribution is 7.80. The number of benzene rings is 1. The van der Waals surface area contributed by atoms with Gasteiger partial charge in [-0.1, -0.05) is 23.8 Å². The van der Waals surface area contributed by atoms with Gasteiger partial charge < -0.3 is 11.1 Å². The monoisotopic (exact) mass is 296 g/mol. The Balaban J connectivity index is 2.35. The fourth-order valence-electron chi connectivity index (χ4n) is 1.51. The van der Waals surface area contributed by atoms with Crippen molar-refractivity contribution in [3.63, 3.8) is 0 Å². The molecule has 1 heterocycles. The number of rotatable bonds is 3. The highest BCUT2D eigenvalue weighted by Gasteiger charge is 2.06. The third-order valence-electron chi connectivity index (χ3n) is 2.23. The minimum Gasteiger partial charge on any atom is -0.388 e. The summed E-state index contributed by atoms with van der Waals surface area (Å²) < 4.78 is 13.2. The number of nitrogens with two attached hydrogens (primary N) is 1. The number of nitrogens with one attached hydrogen (secondary N) is 1. The first kappa shape index (κ1) is 13.6. The molecule has 7 heteroatoms. The summed E-state index contributed by atoms with van der Waals surface area (Å²) in [6, 6.07) is 5.74. The smallest absolute Gasteiger partial charge is 0.228 e. The van der Waals surface area contributed by atoms with Gasteiger partial charge in [-0.3, -0.25) is 0 Å². The van der Waals surface area contributed by atoms with Crippen LogP contribution >= 0.6 is 23.8 Å². The normalized spacial score (nSPS) is 10.3. The van der Waals surface area contributed by atoms with Crippen LogP contribution in [0.3, 0.4) is 0 Å². The molecule has 98 valence electrons. The summed E-state index contributed by atoms with van der Waals surface area (Å²) in [5.41, 5.74) is 7.12. The van der Waals surface area contributed by atoms with E-state index >= 15 is 0 Å². The van der Waals surface area contributed by atoms with Crippen LogP contribution in [0.5, 0.6) is 0 Å². The van der Waals surface area contributed by atoms with Crippen molar-refractivity contribution in [1.29, 1.82) is 0 Å². The number of hydrogen-bond donors (Lipinski definition) is 2. The molecule has 0 saturated carbocycles. The maximum absolute atomic E-state index is 13.2. The van der Waals surface area contributed by atoms with Crippen molar-refractivity contribution in [2.75, 3.05) is 5.32 Å². The molecule has 0 unspecified atom stereocenters. The molecule has 1 aromatic carbocycles.